The average molecular weight is 317 g/mol. The van der Waals surface area contributed by atoms with Crippen molar-refractivity contribution in [2.75, 3.05) is 0 Å². The van der Waals surface area contributed by atoms with Crippen LogP contribution in [-0.2, 0) is 16.9 Å². The van der Waals surface area contributed by atoms with Gasteiger partial charge in [-0.15, -0.1) is 0 Å². The number of oxazole rings is 1. The topological polar surface area (TPSA) is 75.4 Å². The van der Waals surface area contributed by atoms with E-state index in [9.17, 15) is 14.0 Å². The standard InChI is InChI=1S/C16H16FN3O3/c1-9-10(2)23-13(18-9)8-20-14(21)16(3,19-15(20)22)11-4-6-12(17)7-5-11/h4-7H,8H2,1-3H3,(H,19,22)/t16-/m0/s1. The molecule has 120 valence electrons. The summed E-state index contributed by atoms with van der Waals surface area (Å²) in [6, 6.07) is 4.94. The zero-order valence-electron chi connectivity index (χ0n) is 13.0. The molecule has 3 amide bonds. The van der Waals surface area contributed by atoms with E-state index in [-0.39, 0.29) is 6.54 Å². The van der Waals surface area contributed by atoms with Crippen LogP contribution < -0.4 is 5.32 Å². The second-order valence-electron chi connectivity index (χ2n) is 5.70. The quantitative estimate of drug-likeness (QED) is 0.882. The van der Waals surface area contributed by atoms with Crippen LogP contribution in [0.4, 0.5) is 9.18 Å². The summed E-state index contributed by atoms with van der Waals surface area (Å²) in [6.07, 6.45) is 0. The Kier molecular flexibility index (Phi) is 3.43. The fourth-order valence-electron chi connectivity index (χ4n) is 2.56. The van der Waals surface area contributed by atoms with Crippen molar-refractivity contribution in [1.29, 1.82) is 0 Å². The van der Waals surface area contributed by atoms with Crippen LogP contribution in [0.15, 0.2) is 28.7 Å². The first-order chi connectivity index (χ1) is 10.8. The number of hydrogen-bond donors (Lipinski definition) is 1. The van der Waals surface area contributed by atoms with Gasteiger partial charge in [0.15, 0.2) is 0 Å². The highest BCUT2D eigenvalue weighted by Crippen LogP contribution is 2.30. The minimum Gasteiger partial charge on any atom is -0.444 e. The van der Waals surface area contributed by atoms with E-state index in [1.807, 2.05) is 0 Å². The fraction of sp³-hybridized carbons (Fsp3) is 0.312. The van der Waals surface area contributed by atoms with Crippen molar-refractivity contribution in [2.45, 2.75) is 32.9 Å². The number of carbonyl (C=O) groups is 2. The second-order valence-corrected chi connectivity index (χ2v) is 5.70. The van der Waals surface area contributed by atoms with E-state index < -0.39 is 23.3 Å². The number of aryl methyl sites for hydroxylation is 2. The summed E-state index contributed by atoms with van der Waals surface area (Å²) in [5.74, 6) is 0.111. The van der Waals surface area contributed by atoms with Crippen molar-refractivity contribution in [2.24, 2.45) is 0 Å². The van der Waals surface area contributed by atoms with Crippen LogP contribution in [-0.4, -0.2) is 21.8 Å². The van der Waals surface area contributed by atoms with Gasteiger partial charge in [0.05, 0.1) is 5.69 Å². The lowest BCUT2D eigenvalue weighted by atomic mass is 9.92. The van der Waals surface area contributed by atoms with Gasteiger partial charge in [-0.2, -0.15) is 0 Å². The second kappa shape index (κ2) is 5.19. The van der Waals surface area contributed by atoms with E-state index in [1.165, 1.54) is 24.3 Å². The number of nitrogens with one attached hydrogen (secondary N) is 1. The molecule has 1 aliphatic rings. The maximum atomic E-state index is 13.1. The van der Waals surface area contributed by atoms with Gasteiger partial charge in [0.25, 0.3) is 5.91 Å². The van der Waals surface area contributed by atoms with Gasteiger partial charge >= 0.3 is 6.03 Å². The number of halogens is 1. The zero-order chi connectivity index (χ0) is 16.8. The van der Waals surface area contributed by atoms with Gasteiger partial charge in [0, 0.05) is 0 Å². The Morgan fingerprint density at radius 3 is 2.48 bits per heavy atom. The predicted molar refractivity (Wildman–Crippen MR) is 78.8 cm³/mol. The molecule has 0 aliphatic carbocycles. The van der Waals surface area contributed by atoms with Gasteiger partial charge in [0.1, 0.15) is 23.7 Å². The molecule has 0 radical (unpaired) electrons. The maximum absolute atomic E-state index is 13.1. The van der Waals surface area contributed by atoms with Gasteiger partial charge in [-0.05, 0) is 38.5 Å². The molecule has 1 fully saturated rings. The number of aromatic nitrogens is 1. The van der Waals surface area contributed by atoms with Crippen molar-refractivity contribution in [3.05, 3.63) is 53.0 Å². The van der Waals surface area contributed by atoms with Crippen molar-refractivity contribution in [3.63, 3.8) is 0 Å². The van der Waals surface area contributed by atoms with Crippen molar-refractivity contribution < 1.29 is 18.4 Å². The number of nitrogens with zero attached hydrogens (tertiary/aromatic N) is 2. The number of benzene rings is 1. The number of urea groups is 1. The number of imide groups is 1. The Labute approximate surface area is 132 Å². The molecule has 1 N–H and O–H groups in total. The molecule has 0 unspecified atom stereocenters. The molecule has 1 aliphatic heterocycles. The van der Waals surface area contributed by atoms with Crippen molar-refractivity contribution >= 4 is 11.9 Å². The van der Waals surface area contributed by atoms with E-state index in [2.05, 4.69) is 10.3 Å². The summed E-state index contributed by atoms with van der Waals surface area (Å²) in [7, 11) is 0. The zero-order valence-corrected chi connectivity index (χ0v) is 13.0. The molecule has 1 atom stereocenters. The molecule has 7 heteroatoms. The highest BCUT2D eigenvalue weighted by atomic mass is 19.1. The van der Waals surface area contributed by atoms with E-state index in [1.54, 1.807) is 20.8 Å². The molecular weight excluding hydrogens is 301 g/mol. The molecule has 3 rings (SSSR count). The summed E-state index contributed by atoms with van der Waals surface area (Å²) in [5.41, 5.74) is -0.00515. The minimum absolute atomic E-state index is 0.0455. The molecule has 6 nitrogen and oxygen atoms in total. The smallest absolute Gasteiger partial charge is 0.325 e. The number of carbonyl (C=O) groups excluding carboxylic acids is 2. The van der Waals surface area contributed by atoms with Crippen LogP contribution in [0.2, 0.25) is 0 Å². The van der Waals surface area contributed by atoms with Crippen molar-refractivity contribution in [1.82, 2.24) is 15.2 Å². The Morgan fingerprint density at radius 2 is 1.91 bits per heavy atom. The lowest BCUT2D eigenvalue weighted by Gasteiger charge is -2.21. The monoisotopic (exact) mass is 317 g/mol. The summed E-state index contributed by atoms with van der Waals surface area (Å²) >= 11 is 0. The summed E-state index contributed by atoms with van der Waals surface area (Å²) < 4.78 is 18.5. The van der Waals surface area contributed by atoms with E-state index in [4.69, 9.17) is 4.42 Å². The van der Waals surface area contributed by atoms with Gasteiger partial charge in [0.2, 0.25) is 5.89 Å². The Balaban J connectivity index is 1.88. The van der Waals surface area contributed by atoms with Gasteiger partial charge in [-0.3, -0.25) is 9.69 Å². The highest BCUT2D eigenvalue weighted by molar-refractivity contribution is 6.07. The lowest BCUT2D eigenvalue weighted by molar-refractivity contribution is -0.131. The van der Waals surface area contributed by atoms with E-state index in [0.717, 1.165) is 4.90 Å². The van der Waals surface area contributed by atoms with Gasteiger partial charge in [-0.25, -0.2) is 14.2 Å². The maximum Gasteiger partial charge on any atom is 0.325 e. The molecule has 1 aromatic heterocycles. The van der Waals surface area contributed by atoms with Crippen molar-refractivity contribution in [3.8, 4) is 0 Å². The van der Waals surface area contributed by atoms with Gasteiger partial charge < -0.3 is 9.73 Å². The lowest BCUT2D eigenvalue weighted by Crippen LogP contribution is -2.40. The van der Waals surface area contributed by atoms with Crippen LogP contribution in [0.25, 0.3) is 0 Å². The third-order valence-electron chi connectivity index (χ3n) is 4.06. The normalized spacial score (nSPS) is 21.0. The van der Waals surface area contributed by atoms with Crippen LogP contribution >= 0.6 is 0 Å². The Hall–Kier alpha value is -2.70. The number of rotatable bonds is 3. The van der Waals surface area contributed by atoms with E-state index in [0.29, 0.717) is 22.9 Å². The van der Waals surface area contributed by atoms with Crippen LogP contribution in [0.1, 0.15) is 29.8 Å². The molecule has 0 saturated carbocycles. The Bertz CT molecular complexity index is 765. The molecule has 1 saturated heterocycles. The molecule has 1 aromatic carbocycles. The summed E-state index contributed by atoms with van der Waals surface area (Å²) in [6.45, 7) is 5.10. The SMILES string of the molecule is Cc1nc(CN2C(=O)N[C@@](C)(c3ccc(F)cc3)C2=O)oc1C. The molecular formula is C16H16FN3O3. The number of hydrogen-bond acceptors (Lipinski definition) is 4. The third-order valence-corrected chi connectivity index (χ3v) is 4.06. The molecule has 2 heterocycles. The minimum atomic E-state index is -1.23. The number of amides is 3. The third kappa shape index (κ3) is 2.48. The molecule has 2 aromatic rings. The first-order valence-electron chi connectivity index (χ1n) is 7.14. The molecule has 0 bridgehead atoms. The largest absolute Gasteiger partial charge is 0.444 e. The first kappa shape index (κ1) is 15.2. The summed E-state index contributed by atoms with van der Waals surface area (Å²) in [4.78, 5) is 30.1. The molecule has 23 heavy (non-hydrogen) atoms. The average Bonchev–Trinajstić information content (AvgIpc) is 2.92. The summed E-state index contributed by atoms with van der Waals surface area (Å²) in [5, 5.41) is 2.65. The van der Waals surface area contributed by atoms with Crippen LogP contribution in [0, 0.1) is 19.7 Å². The van der Waals surface area contributed by atoms with Gasteiger partial charge in [-0.1, -0.05) is 12.1 Å². The van der Waals surface area contributed by atoms with E-state index >= 15 is 0 Å². The van der Waals surface area contributed by atoms with Crippen LogP contribution in [0.5, 0.6) is 0 Å². The fourth-order valence-corrected chi connectivity index (χ4v) is 2.56. The van der Waals surface area contributed by atoms with Crippen LogP contribution in [0.3, 0.4) is 0 Å². The Morgan fingerprint density at radius 1 is 1.26 bits per heavy atom. The molecule has 0 spiro atoms. The first-order valence-corrected chi connectivity index (χ1v) is 7.14. The highest BCUT2D eigenvalue weighted by Gasteiger charge is 2.49. The predicted octanol–water partition coefficient (Wildman–Crippen LogP) is 2.40.